The van der Waals surface area contributed by atoms with E-state index in [0.29, 0.717) is 50.8 Å². The second-order valence-corrected chi connectivity index (χ2v) is 6.08. The molecule has 5 nitrogen and oxygen atoms in total. The molecule has 23 heavy (non-hydrogen) atoms. The molecule has 1 aromatic carbocycles. The van der Waals surface area contributed by atoms with Gasteiger partial charge >= 0.3 is 0 Å². The largest absolute Gasteiger partial charge is 0.383 e. The minimum atomic E-state index is -0.594. The second kappa shape index (κ2) is 9.23. The SMILES string of the molecule is COCCNCCNC(=O)C1(c2ccccc2Cl)CCOCC1. The van der Waals surface area contributed by atoms with Crippen molar-refractivity contribution >= 4 is 17.5 Å². The average molecular weight is 341 g/mol. The van der Waals surface area contributed by atoms with Gasteiger partial charge in [0.25, 0.3) is 0 Å². The van der Waals surface area contributed by atoms with Crippen molar-refractivity contribution in [1.29, 1.82) is 0 Å². The van der Waals surface area contributed by atoms with E-state index in [1.54, 1.807) is 7.11 Å². The zero-order valence-electron chi connectivity index (χ0n) is 13.6. The van der Waals surface area contributed by atoms with E-state index in [0.717, 1.165) is 12.1 Å². The molecule has 0 aromatic heterocycles. The van der Waals surface area contributed by atoms with Gasteiger partial charge in [-0.05, 0) is 24.5 Å². The maximum absolute atomic E-state index is 12.9. The van der Waals surface area contributed by atoms with E-state index in [1.807, 2.05) is 24.3 Å². The van der Waals surface area contributed by atoms with E-state index in [9.17, 15) is 4.79 Å². The van der Waals surface area contributed by atoms with E-state index in [2.05, 4.69) is 10.6 Å². The normalized spacial score (nSPS) is 17.0. The lowest BCUT2D eigenvalue weighted by molar-refractivity contribution is -0.130. The molecule has 1 heterocycles. The van der Waals surface area contributed by atoms with Crippen LogP contribution in [-0.2, 0) is 19.7 Å². The number of rotatable bonds is 8. The molecule has 128 valence electrons. The molecule has 0 unspecified atom stereocenters. The lowest BCUT2D eigenvalue weighted by Crippen LogP contribution is -2.49. The van der Waals surface area contributed by atoms with Crippen LogP contribution in [0.5, 0.6) is 0 Å². The minimum Gasteiger partial charge on any atom is -0.383 e. The summed E-state index contributed by atoms with van der Waals surface area (Å²) < 4.78 is 10.4. The molecule has 1 aromatic rings. The molecule has 6 heteroatoms. The summed E-state index contributed by atoms with van der Waals surface area (Å²) in [4.78, 5) is 12.9. The first-order chi connectivity index (χ1) is 11.2. The molecule has 2 N–H and O–H groups in total. The van der Waals surface area contributed by atoms with Crippen LogP contribution in [0.25, 0.3) is 0 Å². The fraction of sp³-hybridized carbons (Fsp3) is 0.588. The molecule has 1 amide bonds. The van der Waals surface area contributed by atoms with Gasteiger partial charge in [-0.1, -0.05) is 29.8 Å². The van der Waals surface area contributed by atoms with Gasteiger partial charge in [-0.15, -0.1) is 0 Å². The van der Waals surface area contributed by atoms with Crippen molar-refractivity contribution < 1.29 is 14.3 Å². The molecule has 1 aliphatic heterocycles. The highest BCUT2D eigenvalue weighted by atomic mass is 35.5. The lowest BCUT2D eigenvalue weighted by Gasteiger charge is -2.36. The summed E-state index contributed by atoms with van der Waals surface area (Å²) in [5, 5.41) is 6.90. The quantitative estimate of drug-likeness (QED) is 0.708. The number of methoxy groups -OCH3 is 1. The molecular formula is C17H25ClN2O3. The Labute approximate surface area is 142 Å². The van der Waals surface area contributed by atoms with Crippen LogP contribution in [-0.4, -0.2) is 52.5 Å². The Hall–Kier alpha value is -1.14. The van der Waals surface area contributed by atoms with Crippen LogP contribution in [0.3, 0.4) is 0 Å². The first-order valence-corrected chi connectivity index (χ1v) is 8.39. The minimum absolute atomic E-state index is 0.0300. The Morgan fingerprint density at radius 2 is 2.00 bits per heavy atom. The number of hydrogen-bond acceptors (Lipinski definition) is 4. The van der Waals surface area contributed by atoms with Crippen LogP contribution >= 0.6 is 11.6 Å². The fourth-order valence-electron chi connectivity index (χ4n) is 2.92. The monoisotopic (exact) mass is 340 g/mol. The smallest absolute Gasteiger partial charge is 0.230 e. The van der Waals surface area contributed by atoms with E-state index in [4.69, 9.17) is 21.1 Å². The molecule has 0 atom stereocenters. The van der Waals surface area contributed by atoms with Crippen LogP contribution in [0.2, 0.25) is 5.02 Å². The van der Waals surface area contributed by atoms with Crippen LogP contribution < -0.4 is 10.6 Å². The van der Waals surface area contributed by atoms with Crippen molar-refractivity contribution in [2.75, 3.05) is 46.6 Å². The number of halogens is 1. The summed E-state index contributed by atoms with van der Waals surface area (Å²) in [5.41, 5.74) is 0.304. The van der Waals surface area contributed by atoms with Crippen LogP contribution in [0.4, 0.5) is 0 Å². The molecular weight excluding hydrogens is 316 g/mol. The lowest BCUT2D eigenvalue weighted by atomic mass is 9.73. The number of carbonyl (C=O) groups excluding carboxylic acids is 1. The molecule has 0 saturated carbocycles. The second-order valence-electron chi connectivity index (χ2n) is 5.67. The maximum Gasteiger partial charge on any atom is 0.230 e. The number of hydrogen-bond donors (Lipinski definition) is 2. The third-order valence-electron chi connectivity index (χ3n) is 4.24. The molecule has 1 fully saturated rings. The molecule has 0 spiro atoms. The number of carbonyl (C=O) groups is 1. The molecule has 0 bridgehead atoms. The standard InChI is InChI=1S/C17H25ClN2O3/c1-22-13-10-19-8-9-20-16(21)17(6-11-23-12-7-17)14-4-2-3-5-15(14)18/h2-5,19H,6-13H2,1H3,(H,20,21). The van der Waals surface area contributed by atoms with Gasteiger partial charge in [0.05, 0.1) is 12.0 Å². The molecule has 0 aliphatic carbocycles. The summed E-state index contributed by atoms with van der Waals surface area (Å²) in [6.45, 7) is 3.87. The van der Waals surface area contributed by atoms with E-state index in [-0.39, 0.29) is 5.91 Å². The first-order valence-electron chi connectivity index (χ1n) is 8.01. The van der Waals surface area contributed by atoms with Gasteiger partial charge in [-0.25, -0.2) is 0 Å². The predicted octanol–water partition coefficient (Wildman–Crippen LogP) is 1.74. The fourth-order valence-corrected chi connectivity index (χ4v) is 3.24. The Bertz CT molecular complexity index is 504. The summed E-state index contributed by atoms with van der Waals surface area (Å²) >= 11 is 6.36. The van der Waals surface area contributed by atoms with Gasteiger partial charge in [0.1, 0.15) is 0 Å². The molecule has 1 saturated heterocycles. The highest BCUT2D eigenvalue weighted by Crippen LogP contribution is 2.38. The Morgan fingerprint density at radius 1 is 1.26 bits per heavy atom. The summed E-state index contributed by atoms with van der Waals surface area (Å²) in [5.74, 6) is 0.0300. The van der Waals surface area contributed by atoms with E-state index >= 15 is 0 Å². The van der Waals surface area contributed by atoms with Crippen molar-refractivity contribution in [3.05, 3.63) is 34.9 Å². The average Bonchev–Trinajstić information content (AvgIpc) is 2.59. The Morgan fingerprint density at radius 3 is 2.70 bits per heavy atom. The highest BCUT2D eigenvalue weighted by Gasteiger charge is 2.42. The third kappa shape index (κ3) is 4.67. The van der Waals surface area contributed by atoms with Crippen molar-refractivity contribution in [2.45, 2.75) is 18.3 Å². The first kappa shape index (κ1) is 18.2. The maximum atomic E-state index is 12.9. The van der Waals surface area contributed by atoms with Crippen LogP contribution in [0.15, 0.2) is 24.3 Å². The number of nitrogens with one attached hydrogen (secondary N) is 2. The topological polar surface area (TPSA) is 59.6 Å². The van der Waals surface area contributed by atoms with Crippen molar-refractivity contribution in [2.24, 2.45) is 0 Å². The summed E-state index contributed by atoms with van der Waals surface area (Å²) in [6, 6.07) is 7.60. The summed E-state index contributed by atoms with van der Waals surface area (Å²) in [7, 11) is 1.67. The van der Waals surface area contributed by atoms with Crippen LogP contribution in [0, 0.1) is 0 Å². The van der Waals surface area contributed by atoms with E-state index < -0.39 is 5.41 Å². The number of ether oxygens (including phenoxy) is 2. The van der Waals surface area contributed by atoms with Gasteiger partial charge in [-0.3, -0.25) is 4.79 Å². The van der Waals surface area contributed by atoms with Crippen molar-refractivity contribution in [1.82, 2.24) is 10.6 Å². The van der Waals surface area contributed by atoms with Crippen LogP contribution in [0.1, 0.15) is 18.4 Å². The molecule has 0 radical (unpaired) electrons. The van der Waals surface area contributed by atoms with Gasteiger partial charge in [0.2, 0.25) is 5.91 Å². The highest BCUT2D eigenvalue weighted by molar-refractivity contribution is 6.31. The Balaban J connectivity index is 2.01. The molecule has 1 aliphatic rings. The zero-order valence-corrected chi connectivity index (χ0v) is 14.3. The number of benzene rings is 1. The molecule has 2 rings (SSSR count). The van der Waals surface area contributed by atoms with Gasteiger partial charge < -0.3 is 20.1 Å². The summed E-state index contributed by atoms with van der Waals surface area (Å²) in [6.07, 6.45) is 1.30. The van der Waals surface area contributed by atoms with Gasteiger partial charge in [0.15, 0.2) is 0 Å². The van der Waals surface area contributed by atoms with Gasteiger partial charge in [0, 0.05) is 45.0 Å². The van der Waals surface area contributed by atoms with E-state index in [1.165, 1.54) is 0 Å². The Kier molecular flexibility index (Phi) is 7.30. The van der Waals surface area contributed by atoms with Gasteiger partial charge in [-0.2, -0.15) is 0 Å². The van der Waals surface area contributed by atoms with Crippen molar-refractivity contribution in [3.8, 4) is 0 Å². The third-order valence-corrected chi connectivity index (χ3v) is 4.57. The number of amides is 1. The zero-order chi connectivity index (χ0) is 16.5. The predicted molar refractivity (Wildman–Crippen MR) is 90.9 cm³/mol. The van der Waals surface area contributed by atoms with Crippen molar-refractivity contribution in [3.63, 3.8) is 0 Å².